The number of aromatic nitrogens is 1. The summed E-state index contributed by atoms with van der Waals surface area (Å²) in [5, 5.41) is 3.97. The number of benzene rings is 1. The van der Waals surface area contributed by atoms with E-state index in [1.807, 2.05) is 30.0 Å². The fourth-order valence-corrected chi connectivity index (χ4v) is 3.46. The van der Waals surface area contributed by atoms with Crippen molar-refractivity contribution in [3.05, 3.63) is 18.2 Å². The second-order valence-corrected chi connectivity index (χ2v) is 6.18. The first-order valence-electron chi connectivity index (χ1n) is 6.85. The van der Waals surface area contributed by atoms with E-state index in [9.17, 15) is 4.79 Å². The van der Waals surface area contributed by atoms with Crippen LogP contribution in [0, 0.1) is 0 Å². The first kappa shape index (κ1) is 13.2. The van der Waals surface area contributed by atoms with Gasteiger partial charge in [0.25, 0.3) is 0 Å². The Balaban J connectivity index is 1.73. The quantitative estimate of drug-likeness (QED) is 0.851. The highest BCUT2D eigenvalue weighted by molar-refractivity contribution is 7.22. The molecule has 3 rings (SSSR count). The third-order valence-corrected chi connectivity index (χ3v) is 4.49. The minimum atomic E-state index is -0.244. The van der Waals surface area contributed by atoms with E-state index < -0.39 is 0 Å². The van der Waals surface area contributed by atoms with E-state index in [1.165, 1.54) is 11.3 Å². The van der Waals surface area contributed by atoms with Crippen LogP contribution in [0.15, 0.2) is 18.2 Å². The van der Waals surface area contributed by atoms with Gasteiger partial charge in [-0.1, -0.05) is 11.3 Å². The maximum Gasteiger partial charge on any atom is 0.244 e. The minimum absolute atomic E-state index is 0.154. The van der Waals surface area contributed by atoms with E-state index in [-0.39, 0.29) is 11.9 Å². The van der Waals surface area contributed by atoms with Crippen molar-refractivity contribution < 1.29 is 4.79 Å². The summed E-state index contributed by atoms with van der Waals surface area (Å²) in [5.74, 6) is 0.154. The van der Waals surface area contributed by atoms with Crippen LogP contribution in [0.1, 0.15) is 19.8 Å². The monoisotopic (exact) mass is 290 g/mol. The van der Waals surface area contributed by atoms with Crippen LogP contribution in [0.3, 0.4) is 0 Å². The number of hydrogen-bond acceptors (Lipinski definition) is 5. The molecule has 0 radical (unpaired) electrons. The van der Waals surface area contributed by atoms with Crippen LogP contribution in [0.4, 0.5) is 10.8 Å². The van der Waals surface area contributed by atoms with E-state index >= 15 is 0 Å². The average Bonchev–Trinajstić information content (AvgIpc) is 3.05. The number of nitrogens with one attached hydrogen (secondary N) is 1. The predicted molar refractivity (Wildman–Crippen MR) is 82.9 cm³/mol. The van der Waals surface area contributed by atoms with Crippen LogP contribution in [0.5, 0.6) is 0 Å². The standard InChI is InChI=1S/C14H18N4OS/c1-9(13(19)18-6-2-3-7-18)16-14-17-11-5-4-10(15)8-12(11)20-14/h4-5,8-9H,2-3,6-7,15H2,1H3,(H,16,17). The number of nitrogens with two attached hydrogens (primary N) is 1. The molecular formula is C14H18N4OS. The van der Waals surface area contributed by atoms with Crippen molar-refractivity contribution in [2.24, 2.45) is 0 Å². The zero-order chi connectivity index (χ0) is 14.1. The highest BCUT2D eigenvalue weighted by Crippen LogP contribution is 2.28. The summed E-state index contributed by atoms with van der Waals surface area (Å²) in [6, 6.07) is 5.40. The van der Waals surface area contributed by atoms with Crippen LogP contribution in [-0.4, -0.2) is 34.9 Å². The number of fused-ring (bicyclic) bond motifs is 1. The molecule has 1 aromatic heterocycles. The Morgan fingerprint density at radius 2 is 2.20 bits per heavy atom. The van der Waals surface area contributed by atoms with E-state index in [0.29, 0.717) is 0 Å². The van der Waals surface area contributed by atoms with E-state index in [0.717, 1.165) is 47.0 Å². The van der Waals surface area contributed by atoms with Crippen molar-refractivity contribution >= 4 is 38.3 Å². The minimum Gasteiger partial charge on any atom is -0.399 e. The summed E-state index contributed by atoms with van der Waals surface area (Å²) in [6.07, 6.45) is 2.22. The van der Waals surface area contributed by atoms with Crippen molar-refractivity contribution in [3.8, 4) is 0 Å². The van der Waals surface area contributed by atoms with Crippen molar-refractivity contribution in [3.63, 3.8) is 0 Å². The molecule has 20 heavy (non-hydrogen) atoms. The Kier molecular flexibility index (Phi) is 3.48. The van der Waals surface area contributed by atoms with Crippen molar-refractivity contribution in [2.45, 2.75) is 25.8 Å². The number of amides is 1. The fraction of sp³-hybridized carbons (Fsp3) is 0.429. The lowest BCUT2D eigenvalue weighted by molar-refractivity contribution is -0.130. The molecule has 1 saturated heterocycles. The molecule has 5 nitrogen and oxygen atoms in total. The number of anilines is 2. The van der Waals surface area contributed by atoms with Gasteiger partial charge in [-0.15, -0.1) is 0 Å². The summed E-state index contributed by atoms with van der Waals surface area (Å²) in [7, 11) is 0. The Morgan fingerprint density at radius 3 is 2.95 bits per heavy atom. The van der Waals surface area contributed by atoms with Crippen molar-refractivity contribution in [1.29, 1.82) is 0 Å². The molecule has 0 aliphatic carbocycles. The number of rotatable bonds is 3. The number of carbonyl (C=O) groups is 1. The van der Waals surface area contributed by atoms with Gasteiger partial charge in [0.05, 0.1) is 10.2 Å². The fourth-order valence-electron chi connectivity index (χ4n) is 2.46. The maximum atomic E-state index is 12.2. The summed E-state index contributed by atoms with van der Waals surface area (Å²) in [5.41, 5.74) is 7.40. The van der Waals surface area contributed by atoms with Gasteiger partial charge in [-0.3, -0.25) is 4.79 Å². The van der Waals surface area contributed by atoms with Crippen LogP contribution in [0.25, 0.3) is 10.2 Å². The first-order chi connectivity index (χ1) is 9.63. The molecule has 1 aliphatic rings. The summed E-state index contributed by atoms with van der Waals surface area (Å²) in [4.78, 5) is 18.6. The number of thiazole rings is 1. The highest BCUT2D eigenvalue weighted by Gasteiger charge is 2.23. The van der Waals surface area contributed by atoms with Gasteiger partial charge in [0.1, 0.15) is 6.04 Å². The van der Waals surface area contributed by atoms with E-state index in [1.54, 1.807) is 0 Å². The average molecular weight is 290 g/mol. The Bertz CT molecular complexity index is 633. The number of carbonyl (C=O) groups excluding carboxylic acids is 1. The Labute approximate surface area is 121 Å². The lowest BCUT2D eigenvalue weighted by atomic mass is 10.3. The smallest absolute Gasteiger partial charge is 0.244 e. The van der Waals surface area contributed by atoms with Crippen LogP contribution in [-0.2, 0) is 4.79 Å². The number of likely N-dealkylation sites (tertiary alicyclic amines) is 1. The molecule has 2 aromatic rings. The van der Waals surface area contributed by atoms with Gasteiger partial charge >= 0.3 is 0 Å². The lowest BCUT2D eigenvalue weighted by Gasteiger charge is -2.20. The zero-order valence-electron chi connectivity index (χ0n) is 11.4. The molecule has 3 N–H and O–H groups in total. The summed E-state index contributed by atoms with van der Waals surface area (Å²) >= 11 is 1.53. The second-order valence-electron chi connectivity index (χ2n) is 5.14. The number of hydrogen-bond donors (Lipinski definition) is 2. The Morgan fingerprint density at radius 1 is 1.45 bits per heavy atom. The highest BCUT2D eigenvalue weighted by atomic mass is 32.1. The second kappa shape index (κ2) is 5.28. The SMILES string of the molecule is CC(Nc1nc2ccc(N)cc2s1)C(=O)N1CCCC1. The largest absolute Gasteiger partial charge is 0.399 e. The molecule has 0 bridgehead atoms. The third-order valence-electron chi connectivity index (χ3n) is 3.54. The van der Waals surface area contributed by atoms with Gasteiger partial charge in [0.2, 0.25) is 5.91 Å². The molecule has 2 heterocycles. The molecule has 1 amide bonds. The molecule has 0 spiro atoms. The molecular weight excluding hydrogens is 272 g/mol. The Hall–Kier alpha value is -1.82. The van der Waals surface area contributed by atoms with Crippen molar-refractivity contribution in [1.82, 2.24) is 9.88 Å². The molecule has 1 unspecified atom stereocenters. The molecule has 0 saturated carbocycles. The first-order valence-corrected chi connectivity index (χ1v) is 7.66. The van der Waals surface area contributed by atoms with Crippen LogP contribution < -0.4 is 11.1 Å². The molecule has 6 heteroatoms. The van der Waals surface area contributed by atoms with Crippen LogP contribution in [0.2, 0.25) is 0 Å². The van der Waals surface area contributed by atoms with Crippen molar-refractivity contribution in [2.75, 3.05) is 24.1 Å². The summed E-state index contributed by atoms with van der Waals surface area (Å²) < 4.78 is 1.04. The zero-order valence-corrected chi connectivity index (χ0v) is 12.2. The molecule has 1 aromatic carbocycles. The normalized spacial score (nSPS) is 16.6. The van der Waals surface area contributed by atoms with Crippen LogP contribution >= 0.6 is 11.3 Å². The molecule has 1 aliphatic heterocycles. The predicted octanol–water partition coefficient (Wildman–Crippen LogP) is 2.30. The number of nitrogens with zero attached hydrogens (tertiary/aromatic N) is 2. The molecule has 1 atom stereocenters. The van der Waals surface area contributed by atoms with Gasteiger partial charge in [0, 0.05) is 18.8 Å². The van der Waals surface area contributed by atoms with E-state index in [4.69, 9.17) is 5.73 Å². The van der Waals surface area contributed by atoms with Gasteiger partial charge in [0.15, 0.2) is 5.13 Å². The topological polar surface area (TPSA) is 71.2 Å². The lowest BCUT2D eigenvalue weighted by Crippen LogP contribution is -2.39. The third kappa shape index (κ3) is 2.56. The maximum absolute atomic E-state index is 12.2. The molecule has 106 valence electrons. The van der Waals surface area contributed by atoms with Gasteiger partial charge < -0.3 is 16.0 Å². The van der Waals surface area contributed by atoms with Gasteiger partial charge in [-0.05, 0) is 38.0 Å². The molecule has 1 fully saturated rings. The summed E-state index contributed by atoms with van der Waals surface area (Å²) in [6.45, 7) is 3.64. The van der Waals surface area contributed by atoms with Gasteiger partial charge in [-0.2, -0.15) is 0 Å². The van der Waals surface area contributed by atoms with E-state index in [2.05, 4.69) is 10.3 Å². The number of nitrogen functional groups attached to an aromatic ring is 1. The van der Waals surface area contributed by atoms with Gasteiger partial charge in [-0.25, -0.2) is 4.98 Å².